The van der Waals surface area contributed by atoms with Gasteiger partial charge in [-0.3, -0.25) is 0 Å². The predicted molar refractivity (Wildman–Crippen MR) is 217 cm³/mol. The number of benzene rings is 8. The van der Waals surface area contributed by atoms with E-state index in [0.717, 1.165) is 32.7 Å². The van der Waals surface area contributed by atoms with E-state index in [0.29, 0.717) is 5.56 Å². The van der Waals surface area contributed by atoms with Crippen LogP contribution in [0.25, 0.3) is 43.8 Å². The molecule has 2 heterocycles. The van der Waals surface area contributed by atoms with E-state index in [9.17, 15) is 0 Å². The Labute approximate surface area is 309 Å². The van der Waals surface area contributed by atoms with E-state index < -0.39 is 0 Å². The number of hydrogen-bond donors (Lipinski definition) is 0. The van der Waals surface area contributed by atoms with E-state index >= 15 is 0 Å². The summed E-state index contributed by atoms with van der Waals surface area (Å²) in [6.07, 6.45) is 0. The van der Waals surface area contributed by atoms with Crippen LogP contribution < -0.4 is 16.4 Å². The molecule has 0 unspecified atom stereocenters. The minimum atomic E-state index is -0.389. The molecule has 2 aliphatic heterocycles. The summed E-state index contributed by atoms with van der Waals surface area (Å²) in [4.78, 5) is 5.01. The molecule has 0 aromatic heterocycles. The quantitative estimate of drug-likeness (QED) is 0.134. The summed E-state index contributed by atoms with van der Waals surface area (Å²) in [5.74, 6) is 0. The molecule has 0 nitrogen and oxygen atoms in total. The highest BCUT2D eigenvalue weighted by molar-refractivity contribution is 8.01. The molecule has 0 fully saturated rings. The van der Waals surface area contributed by atoms with Gasteiger partial charge in [-0.05, 0) is 84.7 Å². The Balaban J connectivity index is 1.22. The minimum absolute atomic E-state index is 0.0965. The molecule has 0 aliphatic carbocycles. The van der Waals surface area contributed by atoms with Crippen molar-refractivity contribution < 1.29 is 6.85 Å². The lowest BCUT2D eigenvalue weighted by atomic mass is 9.36. The number of rotatable bonds is 4. The fourth-order valence-electron chi connectivity index (χ4n) is 8.09. The van der Waals surface area contributed by atoms with Gasteiger partial charge in [0.25, 0.3) is 0 Å². The van der Waals surface area contributed by atoms with Crippen LogP contribution in [-0.2, 0) is 5.41 Å². The Morgan fingerprint density at radius 3 is 1.66 bits per heavy atom. The van der Waals surface area contributed by atoms with Gasteiger partial charge < -0.3 is 0 Å². The summed E-state index contributed by atoms with van der Waals surface area (Å²) >= 11 is 3.68. The topological polar surface area (TPSA) is 0 Å². The van der Waals surface area contributed by atoms with Gasteiger partial charge >= 0.3 is 0 Å². The maximum Gasteiger partial charge on any atom is 0.247 e. The van der Waals surface area contributed by atoms with Crippen molar-refractivity contribution in [2.24, 2.45) is 0 Å². The molecule has 0 N–H and O–H groups in total. The van der Waals surface area contributed by atoms with Crippen molar-refractivity contribution in [2.75, 3.05) is 0 Å². The smallest absolute Gasteiger partial charge is 0.0911 e. The van der Waals surface area contributed by atoms with Crippen LogP contribution in [0, 0.1) is 0 Å². The van der Waals surface area contributed by atoms with Crippen molar-refractivity contribution in [2.45, 2.75) is 38.8 Å². The molecule has 0 atom stereocenters. The molecule has 8 aromatic carbocycles. The van der Waals surface area contributed by atoms with Crippen molar-refractivity contribution in [1.29, 1.82) is 0 Å². The van der Waals surface area contributed by atoms with E-state index in [2.05, 4.69) is 111 Å². The zero-order chi connectivity index (χ0) is 37.7. The Hall–Kier alpha value is -4.96. The highest BCUT2D eigenvalue weighted by Gasteiger charge is 2.39. The van der Waals surface area contributed by atoms with Gasteiger partial charge in [0, 0.05) is 25.0 Å². The average Bonchev–Trinajstić information content (AvgIpc) is 3.21. The van der Waals surface area contributed by atoms with Crippen LogP contribution >= 0.6 is 23.5 Å². The first-order chi connectivity index (χ1) is 26.6. The highest BCUT2D eigenvalue weighted by atomic mass is 32.2. The molecule has 0 saturated carbocycles. The maximum absolute atomic E-state index is 8.96. The average molecular weight is 678 g/mol. The molecule has 0 radical (unpaired) electrons. The summed E-state index contributed by atoms with van der Waals surface area (Å²) in [5, 5.41) is 3.65. The van der Waals surface area contributed by atoms with Crippen molar-refractivity contribution in [3.63, 3.8) is 0 Å². The standard InChI is InChI=1S/C47H33BS2/c1-47(2,32-17-7-4-8-18-32)33-25-26-41-39(29-33)48-38-23-13-14-24-40(38)49-42-27-31(28-43(50-41)46(42)48)45-36-21-11-9-19-34(36)44(30-15-5-3-6-16-30)35-20-10-12-22-37(35)45/h3-29H,1-2H3/i3D,5D,6D,15D,16D. The molecule has 0 amide bonds. The second kappa shape index (κ2) is 11.6. The predicted octanol–water partition coefficient (Wildman–Crippen LogP) is 11.1. The molecule has 0 saturated heterocycles. The molecule has 10 rings (SSSR count). The summed E-state index contributed by atoms with van der Waals surface area (Å²) in [6, 6.07) is 46.1. The van der Waals surface area contributed by atoms with E-state index in [1.807, 2.05) is 59.9 Å². The normalized spacial score (nSPS) is 14.6. The minimum Gasteiger partial charge on any atom is -0.0911 e. The van der Waals surface area contributed by atoms with Crippen LogP contribution in [0.3, 0.4) is 0 Å². The third kappa shape index (κ3) is 4.57. The van der Waals surface area contributed by atoms with Crippen molar-refractivity contribution in [3.05, 3.63) is 175 Å². The second-order valence-electron chi connectivity index (χ2n) is 13.6. The Morgan fingerprint density at radius 1 is 0.480 bits per heavy atom. The van der Waals surface area contributed by atoms with Crippen LogP contribution in [0.2, 0.25) is 0 Å². The molecule has 0 spiro atoms. The molecule has 2 aliphatic rings. The molecule has 3 heteroatoms. The first kappa shape index (κ1) is 25.1. The number of hydrogen-bond acceptors (Lipinski definition) is 2. The van der Waals surface area contributed by atoms with Gasteiger partial charge in [0.15, 0.2) is 0 Å². The Bertz CT molecular complexity index is 2820. The summed E-state index contributed by atoms with van der Waals surface area (Å²) < 4.78 is 43.2. The lowest BCUT2D eigenvalue weighted by Gasteiger charge is -2.35. The van der Waals surface area contributed by atoms with Crippen LogP contribution in [-0.4, -0.2) is 6.71 Å². The third-order valence-corrected chi connectivity index (χ3v) is 12.9. The fraction of sp³-hybridized carbons (Fsp3) is 0.0638. The molecule has 0 bridgehead atoms. The van der Waals surface area contributed by atoms with Crippen molar-refractivity contribution in [3.8, 4) is 22.3 Å². The molecule has 50 heavy (non-hydrogen) atoms. The van der Waals surface area contributed by atoms with Gasteiger partial charge in [0.2, 0.25) is 6.71 Å². The van der Waals surface area contributed by atoms with Crippen molar-refractivity contribution >= 4 is 68.2 Å². The number of fused-ring (bicyclic) bond motifs is 6. The third-order valence-electron chi connectivity index (χ3n) is 10.6. The summed E-state index contributed by atoms with van der Waals surface area (Å²) in [7, 11) is 0. The Kier molecular flexibility index (Phi) is 5.79. The monoisotopic (exact) mass is 677 g/mol. The molecule has 8 aromatic rings. The zero-order valence-electron chi connectivity index (χ0n) is 32.6. The lowest BCUT2D eigenvalue weighted by molar-refractivity contribution is 0.641. The Morgan fingerprint density at radius 2 is 1.02 bits per heavy atom. The lowest BCUT2D eigenvalue weighted by Crippen LogP contribution is -2.58. The van der Waals surface area contributed by atoms with Crippen molar-refractivity contribution in [1.82, 2.24) is 0 Å². The van der Waals surface area contributed by atoms with Crippen LogP contribution in [0.4, 0.5) is 0 Å². The largest absolute Gasteiger partial charge is 0.247 e. The van der Waals surface area contributed by atoms with Gasteiger partial charge in [-0.2, -0.15) is 0 Å². The van der Waals surface area contributed by atoms with Gasteiger partial charge in [-0.15, -0.1) is 0 Å². The van der Waals surface area contributed by atoms with Crippen LogP contribution in [0.5, 0.6) is 0 Å². The van der Waals surface area contributed by atoms with Gasteiger partial charge in [0.05, 0.1) is 6.85 Å². The maximum atomic E-state index is 8.96. The molecule has 236 valence electrons. The SMILES string of the molecule is [2H]c1c([2H])c([2H])c(-c2c3ccccc3c(-c3cc4c5c(c3)Sc3ccc(C(C)(C)c6ccccc6)cc3B5c3ccccc3S4)c3ccccc23)c([2H])c1[2H]. The second-order valence-corrected chi connectivity index (χ2v) is 15.8. The van der Waals surface area contributed by atoms with Crippen LogP contribution in [0.15, 0.2) is 183 Å². The first-order valence-electron chi connectivity index (χ1n) is 19.5. The fourth-order valence-corrected chi connectivity index (χ4v) is 10.6. The van der Waals surface area contributed by atoms with Crippen LogP contribution in [0.1, 0.15) is 31.8 Å². The molecular weight excluding hydrogens is 639 g/mol. The van der Waals surface area contributed by atoms with Gasteiger partial charge in [0.1, 0.15) is 0 Å². The zero-order valence-corrected chi connectivity index (χ0v) is 29.2. The van der Waals surface area contributed by atoms with Gasteiger partial charge in [-0.1, -0.05) is 188 Å². The van der Waals surface area contributed by atoms with E-state index in [-0.39, 0.29) is 47.9 Å². The van der Waals surface area contributed by atoms with Gasteiger partial charge in [-0.25, -0.2) is 0 Å². The van der Waals surface area contributed by atoms with E-state index in [4.69, 9.17) is 6.85 Å². The summed E-state index contributed by atoms with van der Waals surface area (Å²) in [6.45, 7) is 4.72. The first-order valence-corrected chi connectivity index (χ1v) is 18.6. The van der Waals surface area contributed by atoms with E-state index in [1.54, 1.807) is 0 Å². The highest BCUT2D eigenvalue weighted by Crippen LogP contribution is 2.47. The molecular formula is C47H33BS2. The van der Waals surface area contributed by atoms with E-state index in [1.165, 1.54) is 47.1 Å². The summed E-state index contributed by atoms with van der Waals surface area (Å²) in [5.41, 5.74) is 9.51.